The lowest BCUT2D eigenvalue weighted by molar-refractivity contribution is 0.169. The van der Waals surface area contributed by atoms with Crippen LogP contribution in [0, 0.1) is 5.82 Å². The van der Waals surface area contributed by atoms with Crippen molar-refractivity contribution in [2.24, 2.45) is 0 Å². The van der Waals surface area contributed by atoms with E-state index < -0.39 is 43.4 Å². The Bertz CT molecular complexity index is 1340. The Hall–Kier alpha value is -2.67. The molecule has 9 nitrogen and oxygen atoms in total. The minimum atomic E-state index is -3.79. The second kappa shape index (κ2) is 8.93. The summed E-state index contributed by atoms with van der Waals surface area (Å²) in [5, 5.41) is 14.0. The lowest BCUT2D eigenvalue weighted by Crippen LogP contribution is -2.24. The molecule has 1 saturated heterocycles. The van der Waals surface area contributed by atoms with Crippen LogP contribution in [-0.4, -0.2) is 55.9 Å². The number of aromatic nitrogens is 2. The SMILES string of the molecule is CS(=O)(=O)c1ccc(CN2C[C@H](O)C[C@H]2c2nc(CS(=O)(=O)c3ccc(F)cc3)no2)cc1. The molecule has 2 aromatic carbocycles. The molecule has 3 aromatic rings. The summed E-state index contributed by atoms with van der Waals surface area (Å²) in [6.45, 7) is 0.738. The van der Waals surface area contributed by atoms with Crippen molar-refractivity contribution in [2.45, 2.75) is 40.7 Å². The Morgan fingerprint density at radius 3 is 2.33 bits per heavy atom. The average Bonchev–Trinajstić information content (AvgIpc) is 3.33. The van der Waals surface area contributed by atoms with Crippen LogP contribution in [0.5, 0.6) is 0 Å². The predicted octanol–water partition coefficient (Wildman–Crippen LogP) is 1.89. The van der Waals surface area contributed by atoms with Gasteiger partial charge in [-0.3, -0.25) is 4.90 Å². The van der Waals surface area contributed by atoms with E-state index in [-0.39, 0.29) is 21.5 Å². The quantitative estimate of drug-likeness (QED) is 0.488. The summed E-state index contributed by atoms with van der Waals surface area (Å²) in [6, 6.07) is 10.5. The third-order valence-corrected chi connectivity index (χ3v) is 8.14. The third kappa shape index (κ3) is 5.46. The van der Waals surface area contributed by atoms with Crippen molar-refractivity contribution < 1.29 is 30.9 Å². The van der Waals surface area contributed by atoms with E-state index in [0.29, 0.717) is 19.5 Å². The molecular weight excluding hydrogens is 473 g/mol. The largest absolute Gasteiger partial charge is 0.392 e. The summed E-state index contributed by atoms with van der Waals surface area (Å²) in [5.41, 5.74) is 0.833. The van der Waals surface area contributed by atoms with Gasteiger partial charge in [-0.25, -0.2) is 21.2 Å². The summed E-state index contributed by atoms with van der Waals surface area (Å²) in [7, 11) is -7.09. The molecule has 0 aliphatic carbocycles. The molecular formula is C21H22FN3O6S2. The molecule has 1 aromatic heterocycles. The number of aliphatic hydroxyl groups excluding tert-OH is 1. The van der Waals surface area contributed by atoms with Crippen LogP contribution >= 0.6 is 0 Å². The van der Waals surface area contributed by atoms with Crippen LogP contribution < -0.4 is 0 Å². The number of halogens is 1. The molecule has 176 valence electrons. The fraction of sp³-hybridized carbons (Fsp3) is 0.333. The van der Waals surface area contributed by atoms with Gasteiger partial charge in [0.25, 0.3) is 0 Å². The van der Waals surface area contributed by atoms with Crippen molar-refractivity contribution >= 4 is 19.7 Å². The van der Waals surface area contributed by atoms with E-state index in [9.17, 15) is 26.3 Å². The van der Waals surface area contributed by atoms with E-state index in [2.05, 4.69) is 10.1 Å². The van der Waals surface area contributed by atoms with Crippen LogP contribution in [0.2, 0.25) is 0 Å². The number of rotatable bonds is 7. The van der Waals surface area contributed by atoms with E-state index in [1.807, 2.05) is 4.90 Å². The zero-order chi connectivity index (χ0) is 23.8. The monoisotopic (exact) mass is 495 g/mol. The summed E-state index contributed by atoms with van der Waals surface area (Å²) >= 11 is 0. The molecule has 4 rings (SSSR count). The average molecular weight is 496 g/mol. The molecule has 0 bridgehead atoms. The molecule has 0 saturated carbocycles. The summed E-state index contributed by atoms with van der Waals surface area (Å²) in [5.74, 6) is -0.900. The predicted molar refractivity (Wildman–Crippen MR) is 115 cm³/mol. The molecule has 2 atom stereocenters. The molecule has 0 amide bonds. The Balaban J connectivity index is 1.49. The van der Waals surface area contributed by atoms with E-state index in [1.165, 1.54) is 24.3 Å². The van der Waals surface area contributed by atoms with E-state index in [4.69, 9.17) is 4.52 Å². The van der Waals surface area contributed by atoms with Crippen molar-refractivity contribution in [2.75, 3.05) is 12.8 Å². The van der Waals surface area contributed by atoms with Gasteiger partial charge in [0, 0.05) is 19.3 Å². The first-order chi connectivity index (χ1) is 15.5. The van der Waals surface area contributed by atoms with Gasteiger partial charge in [-0.2, -0.15) is 4.98 Å². The highest BCUT2D eigenvalue weighted by molar-refractivity contribution is 7.91. The molecule has 0 spiro atoms. The molecule has 1 fully saturated rings. The van der Waals surface area contributed by atoms with Crippen LogP contribution in [0.4, 0.5) is 4.39 Å². The van der Waals surface area contributed by atoms with E-state index in [0.717, 1.165) is 24.0 Å². The number of hydrogen-bond donors (Lipinski definition) is 1. The van der Waals surface area contributed by atoms with Gasteiger partial charge in [0.05, 0.1) is 21.9 Å². The maximum atomic E-state index is 13.1. The molecule has 0 radical (unpaired) electrons. The highest BCUT2D eigenvalue weighted by Crippen LogP contribution is 2.33. The van der Waals surface area contributed by atoms with Crippen molar-refractivity contribution in [1.82, 2.24) is 15.0 Å². The second-order valence-corrected chi connectivity index (χ2v) is 12.0. The normalized spacial score (nSPS) is 19.7. The number of β-amino-alcohol motifs (C(OH)–C–C–N with tert-alkyl or cyclic N) is 1. The van der Waals surface area contributed by atoms with Gasteiger partial charge < -0.3 is 9.63 Å². The van der Waals surface area contributed by atoms with Gasteiger partial charge in [0.15, 0.2) is 25.5 Å². The van der Waals surface area contributed by atoms with Crippen molar-refractivity contribution in [1.29, 1.82) is 0 Å². The maximum Gasteiger partial charge on any atom is 0.244 e. The lowest BCUT2D eigenvalue weighted by Gasteiger charge is -2.21. The molecule has 0 unspecified atom stereocenters. The van der Waals surface area contributed by atoms with Crippen LogP contribution in [0.3, 0.4) is 0 Å². The number of hydrogen-bond acceptors (Lipinski definition) is 9. The summed E-state index contributed by atoms with van der Waals surface area (Å²) in [6.07, 6.45) is 0.829. The highest BCUT2D eigenvalue weighted by atomic mass is 32.2. The van der Waals surface area contributed by atoms with Gasteiger partial charge in [0.1, 0.15) is 11.6 Å². The van der Waals surface area contributed by atoms with Gasteiger partial charge in [0.2, 0.25) is 5.89 Å². The Labute approximate surface area is 190 Å². The lowest BCUT2D eigenvalue weighted by atomic mass is 10.1. The fourth-order valence-corrected chi connectivity index (χ4v) is 5.55. The van der Waals surface area contributed by atoms with E-state index >= 15 is 0 Å². The summed E-state index contributed by atoms with van der Waals surface area (Å²) in [4.78, 5) is 6.30. The first-order valence-corrected chi connectivity index (χ1v) is 13.6. The molecule has 12 heteroatoms. The first-order valence-electron chi connectivity index (χ1n) is 10.0. The molecule has 1 N–H and O–H groups in total. The van der Waals surface area contributed by atoms with Crippen molar-refractivity contribution in [3.05, 3.63) is 71.6 Å². The minimum Gasteiger partial charge on any atom is -0.392 e. The Morgan fingerprint density at radius 2 is 1.70 bits per heavy atom. The van der Waals surface area contributed by atoms with Crippen LogP contribution in [-0.2, 0) is 32.0 Å². The van der Waals surface area contributed by atoms with Crippen molar-refractivity contribution in [3.8, 4) is 0 Å². The molecule has 1 aliphatic heterocycles. The van der Waals surface area contributed by atoms with Crippen LogP contribution in [0.1, 0.15) is 29.7 Å². The van der Waals surface area contributed by atoms with E-state index in [1.54, 1.807) is 12.1 Å². The standard InChI is InChI=1S/C21H22FN3O6S2/c1-32(27,28)17-6-2-14(3-7-17)11-25-12-16(26)10-19(25)21-23-20(24-31-21)13-33(29,30)18-8-4-15(22)5-9-18/h2-9,16,19,26H,10-13H2,1H3/t16-,19+/m1/s1. The number of nitrogens with zero attached hydrogens (tertiary/aromatic N) is 3. The number of likely N-dealkylation sites (tertiary alicyclic amines) is 1. The highest BCUT2D eigenvalue weighted by Gasteiger charge is 2.36. The second-order valence-electron chi connectivity index (χ2n) is 8.01. The number of benzene rings is 2. The smallest absolute Gasteiger partial charge is 0.244 e. The van der Waals surface area contributed by atoms with Gasteiger partial charge >= 0.3 is 0 Å². The summed E-state index contributed by atoms with van der Waals surface area (Å²) < 4.78 is 66.8. The Kier molecular flexibility index (Phi) is 6.36. The Morgan fingerprint density at radius 1 is 1.06 bits per heavy atom. The topological polar surface area (TPSA) is 131 Å². The van der Waals surface area contributed by atoms with Gasteiger partial charge in [-0.1, -0.05) is 17.3 Å². The zero-order valence-corrected chi connectivity index (χ0v) is 19.3. The maximum absolute atomic E-state index is 13.1. The number of aliphatic hydroxyl groups is 1. The fourth-order valence-electron chi connectivity index (χ4n) is 3.74. The van der Waals surface area contributed by atoms with Gasteiger partial charge in [-0.15, -0.1) is 0 Å². The van der Waals surface area contributed by atoms with Crippen LogP contribution in [0.15, 0.2) is 62.8 Å². The first kappa shape index (κ1) is 23.5. The van der Waals surface area contributed by atoms with Crippen molar-refractivity contribution in [3.63, 3.8) is 0 Å². The zero-order valence-electron chi connectivity index (χ0n) is 17.6. The third-order valence-electron chi connectivity index (χ3n) is 5.38. The molecule has 2 heterocycles. The number of sulfone groups is 2. The molecule has 1 aliphatic rings. The minimum absolute atomic E-state index is 0.0341. The van der Waals surface area contributed by atoms with Crippen LogP contribution in [0.25, 0.3) is 0 Å². The molecule has 33 heavy (non-hydrogen) atoms. The van der Waals surface area contributed by atoms with Gasteiger partial charge in [-0.05, 0) is 48.4 Å².